The van der Waals surface area contributed by atoms with Crippen molar-refractivity contribution in [2.45, 2.75) is 26.4 Å². The number of nitro benzene ring substituents is 2. The first kappa shape index (κ1) is 39.1. The summed E-state index contributed by atoms with van der Waals surface area (Å²) in [6.07, 6.45) is -0.280. The quantitative estimate of drug-likeness (QED) is 0.0778. The molecule has 0 radical (unpaired) electrons. The Labute approximate surface area is 287 Å². The molecule has 0 saturated carbocycles. The van der Waals surface area contributed by atoms with Gasteiger partial charge in [0.15, 0.2) is 0 Å². The third-order valence-corrected chi connectivity index (χ3v) is 8.21. The number of anilines is 2. The molecule has 1 aliphatic heterocycles. The lowest BCUT2D eigenvalue weighted by Crippen LogP contribution is -2.52. The lowest BCUT2D eigenvalue weighted by molar-refractivity contribution is -0.384. The highest BCUT2D eigenvalue weighted by Crippen LogP contribution is 2.30. The molecule has 14 nitrogen and oxygen atoms in total. The summed E-state index contributed by atoms with van der Waals surface area (Å²) in [5.74, 6) is 0.243. The smallest absolute Gasteiger partial charge is 0.444 e. The van der Waals surface area contributed by atoms with Crippen molar-refractivity contribution in [2.24, 2.45) is 5.92 Å². The van der Waals surface area contributed by atoms with Crippen LogP contribution in [0.3, 0.4) is 0 Å². The summed E-state index contributed by atoms with van der Waals surface area (Å²) in [5, 5.41) is 50.2. The Bertz CT molecular complexity index is 1600. The van der Waals surface area contributed by atoms with E-state index in [4.69, 9.17) is 31.4 Å². The zero-order chi connectivity index (χ0) is 35.3. The number of aliphatic hydroxyl groups excluding tert-OH is 1. The molecular weight excluding hydrogens is 717 g/mol. The van der Waals surface area contributed by atoms with Crippen molar-refractivity contribution in [3.8, 4) is 10.4 Å². The van der Waals surface area contributed by atoms with Crippen LogP contribution in [-0.4, -0.2) is 68.4 Å². The molecule has 0 unspecified atom stereocenters. The Balaban J connectivity index is 0.000000223. The molecule has 2 aromatic heterocycles. The fourth-order valence-corrected chi connectivity index (χ4v) is 5.30. The first-order valence-electron chi connectivity index (χ1n) is 13.8. The van der Waals surface area contributed by atoms with Gasteiger partial charge >= 0.3 is 13.2 Å². The number of benzene rings is 2. The van der Waals surface area contributed by atoms with Crippen LogP contribution in [0.4, 0.5) is 27.5 Å². The van der Waals surface area contributed by atoms with Crippen LogP contribution in [0.1, 0.15) is 20.8 Å². The molecule has 5 rings (SSSR count). The van der Waals surface area contributed by atoms with Gasteiger partial charge in [0.25, 0.3) is 11.4 Å². The topological polar surface area (TPSA) is 229 Å². The average molecular weight is 752 g/mol. The highest BCUT2D eigenvalue weighted by Gasteiger charge is 2.32. The van der Waals surface area contributed by atoms with Crippen molar-refractivity contribution in [2.75, 3.05) is 31.2 Å². The Hall–Kier alpha value is -4.07. The molecule has 4 aromatic rings. The molecule has 2 aromatic carbocycles. The van der Waals surface area contributed by atoms with E-state index >= 15 is 0 Å². The highest BCUT2D eigenvalue weighted by molar-refractivity contribution is 9.10. The Kier molecular flexibility index (Phi) is 15.2. The largest absolute Gasteiger partial charge is 0.499 e. The van der Waals surface area contributed by atoms with Crippen molar-refractivity contribution >= 4 is 79.3 Å². The summed E-state index contributed by atoms with van der Waals surface area (Å²) < 4.78 is 6.46. The number of rotatable bonds is 5. The van der Waals surface area contributed by atoms with Crippen LogP contribution in [0.15, 0.2) is 75.9 Å². The molecule has 1 amide bonds. The molecule has 1 aliphatic rings. The number of nitrogens with zero attached hydrogens (tertiary/aromatic N) is 3. The molecule has 1 fully saturated rings. The minimum atomic E-state index is -1.30. The molecule has 7 N–H and O–H groups in total. The number of likely N-dealkylation sites (tertiary alicyclic amines) is 1. The Morgan fingerprint density at radius 3 is 1.94 bits per heavy atom. The van der Waals surface area contributed by atoms with E-state index in [0.29, 0.717) is 17.9 Å². The maximum Gasteiger partial charge on any atom is 0.499 e. The van der Waals surface area contributed by atoms with Gasteiger partial charge in [-0.25, -0.2) is 4.79 Å². The van der Waals surface area contributed by atoms with Crippen molar-refractivity contribution in [1.29, 1.82) is 0 Å². The third-order valence-electron chi connectivity index (χ3n) is 5.88. The number of hydrogen-bond acceptors (Lipinski definition) is 13. The fourth-order valence-electron chi connectivity index (χ4n) is 3.61. The van der Waals surface area contributed by atoms with E-state index in [9.17, 15) is 25.0 Å². The summed E-state index contributed by atoms with van der Waals surface area (Å²) in [5.41, 5.74) is 11.7. The average Bonchev–Trinajstić information content (AvgIpc) is 3.67. The Morgan fingerprint density at radius 2 is 1.53 bits per heavy atom. The van der Waals surface area contributed by atoms with Crippen LogP contribution >= 0.6 is 38.6 Å². The summed E-state index contributed by atoms with van der Waals surface area (Å²) >= 11 is 6.05. The summed E-state index contributed by atoms with van der Waals surface area (Å²) in [7, 11) is -1.30. The van der Waals surface area contributed by atoms with Crippen LogP contribution < -0.4 is 16.2 Å². The fraction of sp³-hybridized carbons (Fsp3) is 0.276. The number of amides is 1. The molecule has 18 heteroatoms. The number of nitro groups is 2. The lowest BCUT2D eigenvalue weighted by atomic mass is 9.90. The number of halogens is 1. The zero-order valence-corrected chi connectivity index (χ0v) is 28.9. The summed E-state index contributed by atoms with van der Waals surface area (Å²) in [4.78, 5) is 33.8. The van der Waals surface area contributed by atoms with Crippen LogP contribution in [0, 0.1) is 26.1 Å². The number of carbonyl (C=O) groups is 1. The van der Waals surface area contributed by atoms with Crippen molar-refractivity contribution < 1.29 is 34.5 Å². The van der Waals surface area contributed by atoms with Gasteiger partial charge in [0.1, 0.15) is 17.0 Å². The molecule has 0 aliphatic carbocycles. The first-order chi connectivity index (χ1) is 22.0. The molecule has 252 valence electrons. The SMILES string of the molecule is CC(C)(C)OC(=O)N1CC(CO)C1.Nc1cc(-c2cccs2)ccc1[N+](=O)[O-].Nc1cc(Br)ccc1[N+](=O)[O-].OB(O)c1cccs1. The second-order valence-electron chi connectivity index (χ2n) is 10.8. The minimum absolute atomic E-state index is 0.0460. The van der Waals surface area contributed by atoms with Gasteiger partial charge in [-0.2, -0.15) is 11.3 Å². The van der Waals surface area contributed by atoms with Crippen molar-refractivity contribution in [1.82, 2.24) is 4.90 Å². The van der Waals surface area contributed by atoms with Gasteiger partial charge in [-0.05, 0) is 67.4 Å². The van der Waals surface area contributed by atoms with E-state index in [1.54, 1.807) is 51.9 Å². The van der Waals surface area contributed by atoms with E-state index in [1.165, 1.54) is 29.5 Å². The standard InChI is InChI=1S/C10H8N2O2S.C9H17NO3.C6H5BrN2O2.C4H5BO2S/c11-8-6-7(10-2-1-5-15-10)3-4-9(8)12(13)14;1-9(2,3)13-8(12)10-4-7(5-10)6-11;7-4-1-2-6(9(10)11)5(8)3-4;6-5(7)4-2-1-3-8-4/h1-6H,11H2;7,11H,4-6H2,1-3H3;1-3H,8H2;1-3,6-7H. The third kappa shape index (κ3) is 13.3. The van der Waals surface area contributed by atoms with Gasteiger partial charge in [-0.3, -0.25) is 20.2 Å². The first-order valence-corrected chi connectivity index (χ1v) is 16.3. The van der Waals surface area contributed by atoms with Crippen LogP contribution in [0.5, 0.6) is 0 Å². The van der Waals surface area contributed by atoms with Gasteiger partial charge in [0.2, 0.25) is 0 Å². The van der Waals surface area contributed by atoms with E-state index in [-0.39, 0.29) is 41.4 Å². The van der Waals surface area contributed by atoms with Crippen LogP contribution in [-0.2, 0) is 4.74 Å². The van der Waals surface area contributed by atoms with Crippen molar-refractivity contribution in [3.05, 3.63) is 96.1 Å². The van der Waals surface area contributed by atoms with E-state index in [0.717, 1.165) is 14.9 Å². The monoisotopic (exact) mass is 751 g/mol. The number of carbonyl (C=O) groups excluding carboxylic acids is 1. The second-order valence-corrected chi connectivity index (χ2v) is 13.6. The number of nitrogens with two attached hydrogens (primary N) is 2. The molecule has 1 saturated heterocycles. The van der Waals surface area contributed by atoms with Gasteiger partial charge < -0.3 is 36.3 Å². The van der Waals surface area contributed by atoms with E-state index < -0.39 is 22.6 Å². The van der Waals surface area contributed by atoms with Gasteiger partial charge in [-0.1, -0.05) is 34.1 Å². The predicted molar refractivity (Wildman–Crippen MR) is 189 cm³/mol. The molecule has 0 spiro atoms. The maximum atomic E-state index is 11.3. The Morgan fingerprint density at radius 1 is 0.979 bits per heavy atom. The highest BCUT2D eigenvalue weighted by atomic mass is 79.9. The van der Waals surface area contributed by atoms with Gasteiger partial charge in [0, 0.05) is 51.9 Å². The van der Waals surface area contributed by atoms with Crippen molar-refractivity contribution in [3.63, 3.8) is 0 Å². The van der Waals surface area contributed by atoms with Gasteiger partial charge in [-0.15, -0.1) is 11.3 Å². The zero-order valence-electron chi connectivity index (χ0n) is 25.7. The van der Waals surface area contributed by atoms with E-state index in [2.05, 4.69) is 15.9 Å². The predicted octanol–water partition coefficient (Wildman–Crippen LogP) is 5.12. The number of nitrogen functional groups attached to an aromatic ring is 2. The normalized spacial score (nSPS) is 12.1. The molecular formula is C29H35BBrN5O9S2. The van der Waals surface area contributed by atoms with Crippen LogP contribution in [0.25, 0.3) is 10.4 Å². The number of aliphatic hydroxyl groups is 1. The van der Waals surface area contributed by atoms with Crippen LogP contribution in [0.2, 0.25) is 0 Å². The number of hydrogen-bond donors (Lipinski definition) is 5. The minimum Gasteiger partial charge on any atom is -0.444 e. The summed E-state index contributed by atoms with van der Waals surface area (Å²) in [6.45, 7) is 6.91. The number of thiophene rings is 2. The second kappa shape index (κ2) is 18.3. The molecule has 0 bridgehead atoms. The maximum absolute atomic E-state index is 11.3. The number of ether oxygens (including phenoxy) is 1. The lowest BCUT2D eigenvalue weighted by Gasteiger charge is -2.38. The molecule has 47 heavy (non-hydrogen) atoms. The summed E-state index contributed by atoms with van der Waals surface area (Å²) in [6, 6.07) is 16.5. The molecule has 0 atom stereocenters. The van der Waals surface area contributed by atoms with E-state index in [1.807, 2.05) is 38.3 Å². The van der Waals surface area contributed by atoms with Gasteiger partial charge in [0.05, 0.1) is 9.85 Å². The molecule has 3 heterocycles.